The summed E-state index contributed by atoms with van der Waals surface area (Å²) < 4.78 is 6.11. The number of aliphatic hydroxyl groups is 2. The molecule has 4 heteroatoms. The van der Waals surface area contributed by atoms with Crippen LogP contribution in [0.25, 0.3) is 0 Å². The van der Waals surface area contributed by atoms with Gasteiger partial charge in [-0.25, -0.2) is 0 Å². The van der Waals surface area contributed by atoms with Crippen LogP contribution in [0.5, 0.6) is 11.5 Å². The summed E-state index contributed by atoms with van der Waals surface area (Å²) in [7, 11) is 0. The zero-order chi connectivity index (χ0) is 15.6. The summed E-state index contributed by atoms with van der Waals surface area (Å²) in [5, 5.41) is 31.5. The summed E-state index contributed by atoms with van der Waals surface area (Å²) >= 11 is 0. The molecule has 1 fully saturated rings. The minimum atomic E-state index is -1.14. The predicted molar refractivity (Wildman–Crippen MR) is 79.6 cm³/mol. The first-order chi connectivity index (χ1) is 9.63. The number of aromatic hydroxyl groups is 1. The normalized spacial score (nSPS) is 37.3. The van der Waals surface area contributed by atoms with Gasteiger partial charge in [-0.3, -0.25) is 0 Å². The summed E-state index contributed by atoms with van der Waals surface area (Å²) in [6.45, 7) is 7.59. The first kappa shape index (κ1) is 14.7. The Kier molecular flexibility index (Phi) is 3.05. The van der Waals surface area contributed by atoms with Crippen LogP contribution in [-0.4, -0.2) is 32.6 Å². The number of aryl methyl sites for hydroxylation is 1. The Hall–Kier alpha value is -1.26. The number of benzene rings is 1. The molecule has 0 saturated heterocycles. The summed E-state index contributed by atoms with van der Waals surface area (Å²) in [6.07, 6.45) is 0.380. The third-order valence-corrected chi connectivity index (χ3v) is 5.24. The minimum Gasteiger partial charge on any atom is -0.508 e. The lowest BCUT2D eigenvalue weighted by molar-refractivity contribution is -0.144. The van der Waals surface area contributed by atoms with Crippen molar-refractivity contribution in [3.05, 3.63) is 23.3 Å². The molecular weight excluding hydrogens is 268 g/mol. The number of ether oxygens (including phenoxy) is 1. The van der Waals surface area contributed by atoms with Crippen molar-refractivity contribution in [3.63, 3.8) is 0 Å². The van der Waals surface area contributed by atoms with Gasteiger partial charge >= 0.3 is 0 Å². The second-order valence-corrected chi connectivity index (χ2v) is 7.37. The maximum absolute atomic E-state index is 10.7. The van der Waals surface area contributed by atoms with E-state index in [1.807, 2.05) is 26.8 Å². The second-order valence-electron chi connectivity index (χ2n) is 7.37. The first-order valence-electron chi connectivity index (χ1n) is 7.56. The fourth-order valence-corrected chi connectivity index (χ4v) is 4.05. The average molecular weight is 292 g/mol. The van der Waals surface area contributed by atoms with Gasteiger partial charge in [0.05, 0.1) is 11.7 Å². The smallest absolute Gasteiger partial charge is 0.127 e. The van der Waals surface area contributed by atoms with Crippen molar-refractivity contribution in [3.8, 4) is 11.5 Å². The quantitative estimate of drug-likeness (QED) is 0.687. The van der Waals surface area contributed by atoms with E-state index in [0.29, 0.717) is 17.7 Å². The second kappa shape index (κ2) is 4.37. The zero-order valence-corrected chi connectivity index (χ0v) is 13.1. The molecule has 4 atom stereocenters. The van der Waals surface area contributed by atoms with Crippen molar-refractivity contribution < 1.29 is 20.1 Å². The van der Waals surface area contributed by atoms with E-state index in [1.54, 1.807) is 13.0 Å². The van der Waals surface area contributed by atoms with E-state index in [9.17, 15) is 15.3 Å². The molecule has 0 amide bonds. The number of hydrogen-bond donors (Lipinski definition) is 3. The van der Waals surface area contributed by atoms with E-state index >= 15 is 0 Å². The number of phenols is 1. The number of rotatable bonds is 0. The van der Waals surface area contributed by atoms with Gasteiger partial charge in [-0.15, -0.1) is 0 Å². The first-order valence-corrected chi connectivity index (χ1v) is 7.56. The molecule has 3 rings (SSSR count). The van der Waals surface area contributed by atoms with E-state index in [0.717, 1.165) is 12.0 Å². The van der Waals surface area contributed by atoms with Crippen molar-refractivity contribution in [2.45, 2.75) is 63.8 Å². The SMILES string of the molecule is Cc1cc(O)c2c(c1)OC(C)(C)[C@@H]1CC[C@](C)(O)[C@@H](O)[C@@H]21. The van der Waals surface area contributed by atoms with Crippen LogP contribution in [-0.2, 0) is 0 Å². The van der Waals surface area contributed by atoms with E-state index in [-0.39, 0.29) is 17.6 Å². The van der Waals surface area contributed by atoms with Crippen molar-refractivity contribution in [1.82, 2.24) is 0 Å². The highest BCUT2D eigenvalue weighted by molar-refractivity contribution is 5.52. The molecule has 0 aromatic heterocycles. The molecule has 0 bridgehead atoms. The fraction of sp³-hybridized carbons (Fsp3) is 0.647. The van der Waals surface area contributed by atoms with Crippen LogP contribution in [0.3, 0.4) is 0 Å². The van der Waals surface area contributed by atoms with Gasteiger partial charge in [0.1, 0.15) is 17.1 Å². The summed E-state index contributed by atoms with van der Waals surface area (Å²) in [5.74, 6) is 0.518. The summed E-state index contributed by atoms with van der Waals surface area (Å²) in [5.41, 5.74) is -0.0200. The minimum absolute atomic E-state index is 0.0637. The number of hydrogen-bond acceptors (Lipinski definition) is 4. The largest absolute Gasteiger partial charge is 0.508 e. The molecule has 116 valence electrons. The van der Waals surface area contributed by atoms with Crippen molar-refractivity contribution in [2.24, 2.45) is 5.92 Å². The molecular formula is C17H24O4. The number of fused-ring (bicyclic) bond motifs is 3. The molecule has 2 aliphatic rings. The third kappa shape index (κ3) is 2.12. The molecule has 1 aromatic carbocycles. The molecule has 3 N–H and O–H groups in total. The lowest BCUT2D eigenvalue weighted by Crippen LogP contribution is -2.57. The van der Waals surface area contributed by atoms with Gasteiger partial charge < -0.3 is 20.1 Å². The van der Waals surface area contributed by atoms with Crippen LogP contribution in [0.1, 0.15) is 50.7 Å². The topological polar surface area (TPSA) is 69.9 Å². The Labute approximate surface area is 125 Å². The predicted octanol–water partition coefficient (Wildman–Crippen LogP) is 2.48. The van der Waals surface area contributed by atoms with E-state index < -0.39 is 17.3 Å². The Morgan fingerprint density at radius 1 is 1.24 bits per heavy atom. The van der Waals surface area contributed by atoms with Crippen molar-refractivity contribution in [2.75, 3.05) is 0 Å². The van der Waals surface area contributed by atoms with Crippen LogP contribution < -0.4 is 4.74 Å². The maximum atomic E-state index is 10.7. The monoisotopic (exact) mass is 292 g/mol. The average Bonchev–Trinajstić information content (AvgIpc) is 2.32. The van der Waals surface area contributed by atoms with Crippen molar-refractivity contribution >= 4 is 0 Å². The van der Waals surface area contributed by atoms with Crippen LogP contribution in [0.4, 0.5) is 0 Å². The highest BCUT2D eigenvalue weighted by atomic mass is 16.5. The zero-order valence-electron chi connectivity index (χ0n) is 13.1. The molecule has 1 aliphatic carbocycles. The molecule has 21 heavy (non-hydrogen) atoms. The van der Waals surface area contributed by atoms with Gasteiger partial charge in [0.15, 0.2) is 0 Å². The Morgan fingerprint density at radius 3 is 2.57 bits per heavy atom. The molecule has 4 nitrogen and oxygen atoms in total. The van der Waals surface area contributed by atoms with Crippen LogP contribution in [0.2, 0.25) is 0 Å². The van der Waals surface area contributed by atoms with Gasteiger partial charge in [-0.2, -0.15) is 0 Å². The van der Waals surface area contributed by atoms with Crippen LogP contribution in [0.15, 0.2) is 12.1 Å². The fourth-order valence-electron chi connectivity index (χ4n) is 4.05. The highest BCUT2D eigenvalue weighted by Gasteiger charge is 2.54. The Morgan fingerprint density at radius 2 is 1.90 bits per heavy atom. The van der Waals surface area contributed by atoms with E-state index in [2.05, 4.69) is 0 Å². The standard InChI is InChI=1S/C17H24O4/c1-9-7-11(18)14-12(8-9)21-16(2,3)10-5-6-17(4,20)15(19)13(10)14/h7-8,10,13,15,18-20H,5-6H2,1-4H3/t10-,13-,15+,17+/m1/s1. The molecule has 0 radical (unpaired) electrons. The van der Waals surface area contributed by atoms with E-state index in [4.69, 9.17) is 4.74 Å². The third-order valence-electron chi connectivity index (χ3n) is 5.24. The number of phenolic OH excluding ortho intramolecular Hbond substituents is 1. The van der Waals surface area contributed by atoms with Crippen LogP contribution >= 0.6 is 0 Å². The van der Waals surface area contributed by atoms with Gasteiger partial charge in [0, 0.05) is 17.4 Å². The molecule has 1 heterocycles. The molecule has 1 aromatic rings. The van der Waals surface area contributed by atoms with E-state index in [1.165, 1.54) is 0 Å². The van der Waals surface area contributed by atoms with Gasteiger partial charge in [0.2, 0.25) is 0 Å². The molecule has 1 saturated carbocycles. The van der Waals surface area contributed by atoms with Gasteiger partial charge in [-0.05, 0) is 58.2 Å². The maximum Gasteiger partial charge on any atom is 0.127 e. The lowest BCUT2D eigenvalue weighted by atomic mass is 9.61. The number of aliphatic hydroxyl groups excluding tert-OH is 1. The van der Waals surface area contributed by atoms with Gasteiger partial charge in [-0.1, -0.05) is 0 Å². The van der Waals surface area contributed by atoms with Crippen LogP contribution in [0, 0.1) is 12.8 Å². The summed E-state index contributed by atoms with van der Waals surface area (Å²) in [6, 6.07) is 3.58. The lowest BCUT2D eigenvalue weighted by Gasteiger charge is -2.52. The Bertz CT molecular complexity index is 576. The highest BCUT2D eigenvalue weighted by Crippen LogP contribution is 2.56. The summed E-state index contributed by atoms with van der Waals surface area (Å²) in [4.78, 5) is 0. The van der Waals surface area contributed by atoms with Gasteiger partial charge in [0.25, 0.3) is 0 Å². The molecule has 0 spiro atoms. The molecule has 1 aliphatic heterocycles. The Balaban J connectivity index is 2.19. The van der Waals surface area contributed by atoms with Crippen molar-refractivity contribution in [1.29, 1.82) is 0 Å². The molecule has 0 unspecified atom stereocenters.